The molecule has 6 nitrogen and oxygen atoms in total. The standard InChI is InChI=1S/C19H18N2O4/c1-5-13-9-14(22)25-18-16(13)17(23)20-19(21-18)24-12(4)15-10(2)7-6-8-11(15)3/h6-9H,4-5H2,1-3H3,(H,20,21,23). The molecule has 0 radical (unpaired) electrons. The number of aryl methyl sites for hydroxylation is 3. The van der Waals surface area contributed by atoms with Crippen molar-refractivity contribution >= 4 is 16.9 Å². The van der Waals surface area contributed by atoms with Crippen molar-refractivity contribution in [2.45, 2.75) is 27.2 Å². The largest absolute Gasteiger partial charge is 0.425 e. The van der Waals surface area contributed by atoms with Crippen molar-refractivity contribution < 1.29 is 9.15 Å². The Morgan fingerprint density at radius 1 is 1.28 bits per heavy atom. The van der Waals surface area contributed by atoms with Gasteiger partial charge in [0.15, 0.2) is 0 Å². The average Bonchev–Trinajstić information content (AvgIpc) is 2.53. The number of fused-ring (bicyclic) bond motifs is 1. The van der Waals surface area contributed by atoms with E-state index in [4.69, 9.17) is 9.15 Å². The van der Waals surface area contributed by atoms with Crippen LogP contribution in [0.5, 0.6) is 6.01 Å². The van der Waals surface area contributed by atoms with Gasteiger partial charge in [-0.1, -0.05) is 31.7 Å². The van der Waals surface area contributed by atoms with Gasteiger partial charge in [0.25, 0.3) is 5.56 Å². The molecule has 0 spiro atoms. The molecule has 1 N–H and O–H groups in total. The summed E-state index contributed by atoms with van der Waals surface area (Å²) in [6.45, 7) is 9.66. The molecule has 0 atom stereocenters. The molecule has 0 unspecified atom stereocenters. The van der Waals surface area contributed by atoms with E-state index in [0.717, 1.165) is 16.7 Å². The minimum atomic E-state index is -0.554. The molecular formula is C19H18N2O4. The zero-order valence-electron chi connectivity index (χ0n) is 14.3. The summed E-state index contributed by atoms with van der Waals surface area (Å²) in [4.78, 5) is 30.7. The molecule has 0 aliphatic rings. The lowest BCUT2D eigenvalue weighted by Crippen LogP contribution is -2.15. The quantitative estimate of drug-likeness (QED) is 0.739. The van der Waals surface area contributed by atoms with Gasteiger partial charge >= 0.3 is 11.6 Å². The highest BCUT2D eigenvalue weighted by Crippen LogP contribution is 2.23. The molecule has 0 aliphatic carbocycles. The minimum Gasteiger partial charge on any atom is -0.425 e. The molecule has 6 heteroatoms. The van der Waals surface area contributed by atoms with Crippen LogP contribution in [0.15, 0.2) is 44.9 Å². The second kappa shape index (κ2) is 6.39. The van der Waals surface area contributed by atoms with Crippen molar-refractivity contribution in [2.75, 3.05) is 0 Å². The van der Waals surface area contributed by atoms with Gasteiger partial charge in [-0.25, -0.2) is 4.79 Å². The van der Waals surface area contributed by atoms with Crippen LogP contribution in [0.3, 0.4) is 0 Å². The number of hydrogen-bond donors (Lipinski definition) is 1. The first-order chi connectivity index (χ1) is 11.9. The van der Waals surface area contributed by atoms with E-state index >= 15 is 0 Å². The van der Waals surface area contributed by atoms with Gasteiger partial charge in [-0.15, -0.1) is 0 Å². The van der Waals surface area contributed by atoms with Crippen LogP contribution >= 0.6 is 0 Å². The van der Waals surface area contributed by atoms with Crippen molar-refractivity contribution in [2.24, 2.45) is 0 Å². The summed E-state index contributed by atoms with van der Waals surface area (Å²) in [5.74, 6) is 0.354. The summed E-state index contributed by atoms with van der Waals surface area (Å²) in [6, 6.07) is 7.06. The first-order valence-electron chi connectivity index (χ1n) is 7.91. The second-order valence-electron chi connectivity index (χ2n) is 5.79. The fourth-order valence-electron chi connectivity index (χ4n) is 2.88. The Labute approximate surface area is 143 Å². The summed E-state index contributed by atoms with van der Waals surface area (Å²) >= 11 is 0. The fraction of sp³-hybridized carbons (Fsp3) is 0.211. The summed E-state index contributed by atoms with van der Waals surface area (Å²) in [5, 5.41) is 0.257. The number of benzene rings is 1. The maximum atomic E-state index is 12.4. The highest BCUT2D eigenvalue weighted by molar-refractivity contribution is 5.76. The summed E-state index contributed by atoms with van der Waals surface area (Å²) in [7, 11) is 0. The molecule has 0 bridgehead atoms. The van der Waals surface area contributed by atoms with Gasteiger partial charge < -0.3 is 9.15 Å². The van der Waals surface area contributed by atoms with Gasteiger partial charge in [-0.3, -0.25) is 9.78 Å². The molecule has 0 saturated heterocycles. The van der Waals surface area contributed by atoms with Gasteiger partial charge in [0.2, 0.25) is 5.71 Å². The number of hydrogen-bond acceptors (Lipinski definition) is 5. The van der Waals surface area contributed by atoms with Gasteiger partial charge in [-0.2, -0.15) is 4.98 Å². The van der Waals surface area contributed by atoms with Crippen LogP contribution in [0.1, 0.15) is 29.2 Å². The number of nitrogens with one attached hydrogen (secondary N) is 1. The Bertz CT molecular complexity index is 1070. The number of ether oxygens (including phenoxy) is 1. The third-order valence-electron chi connectivity index (χ3n) is 4.04. The predicted molar refractivity (Wildman–Crippen MR) is 95.9 cm³/mol. The van der Waals surface area contributed by atoms with Crippen molar-refractivity contribution in [3.05, 3.63) is 73.9 Å². The van der Waals surface area contributed by atoms with E-state index in [1.54, 1.807) is 0 Å². The van der Waals surface area contributed by atoms with Gasteiger partial charge in [0.05, 0.1) is 0 Å². The highest BCUT2D eigenvalue weighted by atomic mass is 16.5. The molecule has 2 aromatic heterocycles. The van der Waals surface area contributed by atoms with Crippen LogP contribution < -0.4 is 15.9 Å². The normalized spacial score (nSPS) is 10.8. The SMILES string of the molecule is C=C(Oc1nc2oc(=O)cc(CC)c2c(=O)[nH]1)c1c(C)cccc1C. The molecule has 3 aromatic rings. The summed E-state index contributed by atoms with van der Waals surface area (Å²) in [6.07, 6.45) is 0.516. The fourth-order valence-corrected chi connectivity index (χ4v) is 2.88. The molecule has 3 rings (SSSR count). The summed E-state index contributed by atoms with van der Waals surface area (Å²) in [5.41, 5.74) is 2.39. The van der Waals surface area contributed by atoms with E-state index in [9.17, 15) is 9.59 Å². The van der Waals surface area contributed by atoms with Crippen LogP contribution in [0.25, 0.3) is 16.9 Å². The zero-order valence-corrected chi connectivity index (χ0v) is 14.3. The van der Waals surface area contributed by atoms with E-state index < -0.39 is 11.2 Å². The van der Waals surface area contributed by atoms with E-state index in [2.05, 4.69) is 16.5 Å². The lowest BCUT2D eigenvalue weighted by Gasteiger charge is -2.13. The Morgan fingerprint density at radius 3 is 2.60 bits per heavy atom. The molecule has 128 valence electrons. The third-order valence-corrected chi connectivity index (χ3v) is 4.04. The number of nitrogens with zero attached hydrogens (tertiary/aromatic N) is 1. The Balaban J connectivity index is 2.07. The van der Waals surface area contributed by atoms with Crippen molar-refractivity contribution in [1.29, 1.82) is 0 Å². The van der Waals surface area contributed by atoms with E-state index in [-0.39, 0.29) is 17.1 Å². The first kappa shape index (κ1) is 16.7. The smallest absolute Gasteiger partial charge is 0.337 e. The number of aromatic nitrogens is 2. The minimum absolute atomic E-state index is 0.0441. The molecule has 2 heterocycles. The van der Waals surface area contributed by atoms with E-state index in [1.165, 1.54) is 6.07 Å². The Morgan fingerprint density at radius 2 is 1.96 bits per heavy atom. The molecular weight excluding hydrogens is 320 g/mol. The van der Waals surface area contributed by atoms with Crippen LogP contribution in [0.2, 0.25) is 0 Å². The van der Waals surface area contributed by atoms with E-state index in [1.807, 2.05) is 39.0 Å². The topological polar surface area (TPSA) is 85.2 Å². The third kappa shape index (κ3) is 3.10. The molecule has 25 heavy (non-hydrogen) atoms. The maximum absolute atomic E-state index is 12.4. The van der Waals surface area contributed by atoms with Crippen LogP contribution in [-0.4, -0.2) is 9.97 Å². The molecule has 0 fully saturated rings. The van der Waals surface area contributed by atoms with Crippen LogP contribution in [0, 0.1) is 13.8 Å². The lowest BCUT2D eigenvalue weighted by atomic mass is 10.0. The first-order valence-corrected chi connectivity index (χ1v) is 7.91. The summed E-state index contributed by atoms with van der Waals surface area (Å²) < 4.78 is 10.7. The monoisotopic (exact) mass is 338 g/mol. The van der Waals surface area contributed by atoms with Crippen LogP contribution in [-0.2, 0) is 6.42 Å². The van der Waals surface area contributed by atoms with Gasteiger partial charge in [0, 0.05) is 11.6 Å². The van der Waals surface area contributed by atoms with E-state index in [0.29, 0.717) is 17.7 Å². The Hall–Kier alpha value is -3.15. The predicted octanol–water partition coefficient (Wildman–Crippen LogP) is 3.11. The second-order valence-corrected chi connectivity index (χ2v) is 5.79. The average molecular weight is 338 g/mol. The van der Waals surface area contributed by atoms with Gasteiger partial charge in [-0.05, 0) is 37.0 Å². The van der Waals surface area contributed by atoms with Crippen LogP contribution in [0.4, 0.5) is 0 Å². The van der Waals surface area contributed by atoms with Crippen molar-refractivity contribution in [3.63, 3.8) is 0 Å². The molecule has 0 amide bonds. The number of aromatic amines is 1. The van der Waals surface area contributed by atoms with Gasteiger partial charge in [0.1, 0.15) is 11.1 Å². The van der Waals surface area contributed by atoms with Crippen molar-refractivity contribution in [1.82, 2.24) is 9.97 Å². The molecule has 1 aromatic carbocycles. The highest BCUT2D eigenvalue weighted by Gasteiger charge is 2.14. The number of H-pyrrole nitrogens is 1. The Kier molecular flexibility index (Phi) is 4.27. The number of rotatable bonds is 4. The van der Waals surface area contributed by atoms with Crippen molar-refractivity contribution in [3.8, 4) is 6.01 Å². The molecule has 0 aliphatic heterocycles. The molecule has 0 saturated carbocycles. The lowest BCUT2D eigenvalue weighted by molar-refractivity contribution is 0.461. The maximum Gasteiger partial charge on any atom is 0.337 e. The zero-order chi connectivity index (χ0) is 18.1.